The third-order valence-corrected chi connectivity index (χ3v) is 3.54. The highest BCUT2D eigenvalue weighted by Crippen LogP contribution is 2.20. The normalized spacial score (nSPS) is 11.8. The minimum absolute atomic E-state index is 0.189. The summed E-state index contributed by atoms with van der Waals surface area (Å²) in [6.07, 6.45) is 0.561. The molecule has 0 spiro atoms. The molecule has 1 aromatic rings. The van der Waals surface area contributed by atoms with Crippen LogP contribution in [0.25, 0.3) is 0 Å². The van der Waals surface area contributed by atoms with Crippen molar-refractivity contribution in [3.05, 3.63) is 28.2 Å². The summed E-state index contributed by atoms with van der Waals surface area (Å²) in [5, 5.41) is 13.9. The van der Waals surface area contributed by atoms with E-state index in [2.05, 4.69) is 26.6 Å². The molecule has 5 nitrogen and oxygen atoms in total. The van der Waals surface area contributed by atoms with Gasteiger partial charge in [0, 0.05) is 10.2 Å². The lowest BCUT2D eigenvalue weighted by atomic mass is 10.2. The van der Waals surface area contributed by atoms with E-state index >= 15 is 0 Å². The Balaban J connectivity index is 2.63. The Bertz CT molecular complexity index is 473. The van der Waals surface area contributed by atoms with Gasteiger partial charge in [-0.05, 0) is 31.0 Å². The molecule has 0 aliphatic rings. The van der Waals surface area contributed by atoms with Crippen LogP contribution < -0.4 is 10.6 Å². The minimum Gasteiger partial charge on any atom is -0.394 e. The molecule has 0 saturated carbocycles. The van der Waals surface area contributed by atoms with E-state index in [0.717, 1.165) is 10.0 Å². The number of hydrogen-bond donors (Lipinski definition) is 3. The standard InChI is InChI=1S/C13H17BrN2O3/c1-3-9(7-17)15-12(18)13(19)16-10-5-4-8(2)11(14)6-10/h4-6,9,17H,3,7H2,1-2H3,(H,15,18)(H,16,19). The lowest BCUT2D eigenvalue weighted by Crippen LogP contribution is -2.43. The van der Waals surface area contributed by atoms with E-state index in [1.54, 1.807) is 12.1 Å². The van der Waals surface area contributed by atoms with Gasteiger partial charge in [0.15, 0.2) is 0 Å². The summed E-state index contributed by atoms with van der Waals surface area (Å²) in [6.45, 7) is 3.55. The molecule has 1 atom stereocenters. The molecule has 0 saturated heterocycles. The van der Waals surface area contributed by atoms with Crippen molar-refractivity contribution in [1.29, 1.82) is 0 Å². The van der Waals surface area contributed by atoms with Crippen LogP contribution >= 0.6 is 15.9 Å². The maximum absolute atomic E-state index is 11.7. The van der Waals surface area contributed by atoms with Crippen molar-refractivity contribution in [3.63, 3.8) is 0 Å². The van der Waals surface area contributed by atoms with Crippen LogP contribution in [0.3, 0.4) is 0 Å². The van der Waals surface area contributed by atoms with Crippen LogP contribution in [-0.2, 0) is 9.59 Å². The van der Waals surface area contributed by atoms with Crippen molar-refractivity contribution >= 4 is 33.4 Å². The van der Waals surface area contributed by atoms with Gasteiger partial charge in [-0.1, -0.05) is 28.9 Å². The highest BCUT2D eigenvalue weighted by molar-refractivity contribution is 9.10. The second-order valence-electron chi connectivity index (χ2n) is 4.18. The summed E-state index contributed by atoms with van der Waals surface area (Å²) in [6, 6.07) is 4.88. The molecule has 1 rings (SSSR count). The number of aliphatic hydroxyl groups excluding tert-OH is 1. The first-order valence-corrected chi connectivity index (χ1v) is 6.76. The Morgan fingerprint density at radius 2 is 2.05 bits per heavy atom. The zero-order valence-corrected chi connectivity index (χ0v) is 12.5. The zero-order chi connectivity index (χ0) is 14.4. The number of nitrogens with one attached hydrogen (secondary N) is 2. The van der Waals surface area contributed by atoms with Gasteiger partial charge in [-0.3, -0.25) is 9.59 Å². The highest BCUT2D eigenvalue weighted by atomic mass is 79.9. The Labute approximate surface area is 120 Å². The van der Waals surface area contributed by atoms with Crippen molar-refractivity contribution in [1.82, 2.24) is 5.32 Å². The van der Waals surface area contributed by atoms with E-state index in [1.165, 1.54) is 0 Å². The van der Waals surface area contributed by atoms with Gasteiger partial charge in [-0.25, -0.2) is 0 Å². The molecule has 0 heterocycles. The Morgan fingerprint density at radius 1 is 1.37 bits per heavy atom. The van der Waals surface area contributed by atoms with Gasteiger partial charge in [0.05, 0.1) is 12.6 Å². The second kappa shape index (κ2) is 7.25. The molecule has 0 aliphatic heterocycles. The van der Waals surface area contributed by atoms with Crippen LogP contribution in [0.2, 0.25) is 0 Å². The fourth-order valence-corrected chi connectivity index (χ4v) is 1.77. The Hall–Kier alpha value is -1.40. The fourth-order valence-electron chi connectivity index (χ4n) is 1.39. The number of aliphatic hydroxyl groups is 1. The SMILES string of the molecule is CCC(CO)NC(=O)C(=O)Nc1ccc(C)c(Br)c1. The van der Waals surface area contributed by atoms with E-state index < -0.39 is 17.9 Å². The van der Waals surface area contributed by atoms with Crippen LogP contribution in [0, 0.1) is 6.92 Å². The summed E-state index contributed by atoms with van der Waals surface area (Å²) in [7, 11) is 0. The van der Waals surface area contributed by atoms with Crippen molar-refractivity contribution in [2.45, 2.75) is 26.3 Å². The van der Waals surface area contributed by atoms with Crippen LogP contribution in [-0.4, -0.2) is 29.6 Å². The first-order chi connectivity index (χ1) is 8.97. The monoisotopic (exact) mass is 328 g/mol. The number of rotatable bonds is 4. The number of aryl methyl sites for hydroxylation is 1. The predicted molar refractivity (Wildman–Crippen MR) is 76.8 cm³/mol. The average Bonchev–Trinajstić information content (AvgIpc) is 2.39. The van der Waals surface area contributed by atoms with Gasteiger partial charge in [-0.15, -0.1) is 0 Å². The molecule has 3 N–H and O–H groups in total. The van der Waals surface area contributed by atoms with Gasteiger partial charge >= 0.3 is 11.8 Å². The van der Waals surface area contributed by atoms with Crippen molar-refractivity contribution < 1.29 is 14.7 Å². The number of halogens is 1. The summed E-state index contributed by atoms with van der Waals surface area (Å²) in [5.41, 5.74) is 1.57. The van der Waals surface area contributed by atoms with Gasteiger partial charge in [-0.2, -0.15) is 0 Å². The summed E-state index contributed by atoms with van der Waals surface area (Å²) >= 11 is 3.35. The number of carbonyl (C=O) groups is 2. The predicted octanol–water partition coefficient (Wildman–Crippen LogP) is 1.58. The molecule has 0 radical (unpaired) electrons. The smallest absolute Gasteiger partial charge is 0.313 e. The molecule has 2 amide bonds. The third kappa shape index (κ3) is 4.65. The van der Waals surface area contributed by atoms with Gasteiger partial charge < -0.3 is 15.7 Å². The maximum atomic E-state index is 11.7. The first-order valence-electron chi connectivity index (χ1n) is 5.96. The molecule has 1 unspecified atom stereocenters. The van der Waals surface area contributed by atoms with E-state index in [1.807, 2.05) is 19.9 Å². The van der Waals surface area contributed by atoms with Crippen molar-refractivity contribution in [2.75, 3.05) is 11.9 Å². The van der Waals surface area contributed by atoms with Crippen LogP contribution in [0.4, 0.5) is 5.69 Å². The number of hydrogen-bond acceptors (Lipinski definition) is 3. The average molecular weight is 329 g/mol. The van der Waals surface area contributed by atoms with E-state index in [4.69, 9.17) is 5.11 Å². The Kier molecular flexibility index (Phi) is 5.98. The van der Waals surface area contributed by atoms with E-state index in [-0.39, 0.29) is 6.61 Å². The fraction of sp³-hybridized carbons (Fsp3) is 0.385. The van der Waals surface area contributed by atoms with Crippen molar-refractivity contribution in [2.24, 2.45) is 0 Å². The number of benzene rings is 1. The molecule has 0 aliphatic carbocycles. The molecule has 0 bridgehead atoms. The lowest BCUT2D eigenvalue weighted by molar-refractivity contribution is -0.136. The quantitative estimate of drug-likeness (QED) is 0.734. The Morgan fingerprint density at radius 3 is 2.58 bits per heavy atom. The molecule has 0 aromatic heterocycles. The second-order valence-corrected chi connectivity index (χ2v) is 5.03. The zero-order valence-electron chi connectivity index (χ0n) is 10.9. The third-order valence-electron chi connectivity index (χ3n) is 2.68. The lowest BCUT2D eigenvalue weighted by Gasteiger charge is -2.13. The largest absolute Gasteiger partial charge is 0.394 e. The highest BCUT2D eigenvalue weighted by Gasteiger charge is 2.17. The number of carbonyl (C=O) groups excluding carboxylic acids is 2. The summed E-state index contributed by atoms with van der Waals surface area (Å²) in [5.74, 6) is -1.50. The molecular formula is C13H17BrN2O3. The van der Waals surface area contributed by atoms with Crippen LogP contribution in [0.1, 0.15) is 18.9 Å². The molecule has 1 aromatic carbocycles. The topological polar surface area (TPSA) is 78.4 Å². The van der Waals surface area contributed by atoms with Crippen molar-refractivity contribution in [3.8, 4) is 0 Å². The van der Waals surface area contributed by atoms with E-state index in [9.17, 15) is 9.59 Å². The van der Waals surface area contributed by atoms with E-state index in [0.29, 0.717) is 12.1 Å². The van der Waals surface area contributed by atoms with Gasteiger partial charge in [0.25, 0.3) is 0 Å². The van der Waals surface area contributed by atoms with Crippen LogP contribution in [0.15, 0.2) is 22.7 Å². The molecule has 104 valence electrons. The first kappa shape index (κ1) is 15.7. The molecular weight excluding hydrogens is 312 g/mol. The minimum atomic E-state index is -0.752. The summed E-state index contributed by atoms with van der Waals surface area (Å²) < 4.78 is 0.854. The van der Waals surface area contributed by atoms with Crippen LogP contribution in [0.5, 0.6) is 0 Å². The molecule has 6 heteroatoms. The number of anilines is 1. The summed E-state index contributed by atoms with van der Waals surface area (Å²) in [4.78, 5) is 23.2. The van der Waals surface area contributed by atoms with Gasteiger partial charge in [0.2, 0.25) is 0 Å². The number of amides is 2. The molecule has 0 fully saturated rings. The van der Waals surface area contributed by atoms with Gasteiger partial charge in [0.1, 0.15) is 0 Å². The molecule has 19 heavy (non-hydrogen) atoms. The maximum Gasteiger partial charge on any atom is 0.313 e.